The van der Waals surface area contributed by atoms with Gasteiger partial charge in [0.05, 0.1) is 42.4 Å². The minimum Gasteiger partial charge on any atom is -0.487 e. The van der Waals surface area contributed by atoms with E-state index in [1.165, 1.54) is 6.33 Å². The molecule has 1 aliphatic heterocycles. The summed E-state index contributed by atoms with van der Waals surface area (Å²) in [6, 6.07) is 16.9. The molecule has 0 bridgehead atoms. The van der Waals surface area contributed by atoms with E-state index < -0.39 is 5.97 Å². The van der Waals surface area contributed by atoms with Crippen molar-refractivity contribution in [3.05, 3.63) is 96.8 Å². The molecule has 4 aromatic rings. The Hall–Kier alpha value is -4.33. The lowest BCUT2D eigenvalue weighted by molar-refractivity contribution is 0.0697. The van der Waals surface area contributed by atoms with Crippen molar-refractivity contribution in [1.29, 1.82) is 0 Å². The Balaban J connectivity index is 1.21. The number of carbonyl (C=O) groups is 1. The van der Waals surface area contributed by atoms with E-state index in [-0.39, 0.29) is 11.7 Å². The summed E-state index contributed by atoms with van der Waals surface area (Å²) in [5.74, 6) is 0.465. The molecule has 1 aliphatic rings. The molecule has 0 aliphatic carbocycles. The number of benzene rings is 2. The number of hydrogen-bond acceptors (Lipinski definition) is 6. The molecule has 1 saturated heterocycles. The molecule has 0 atom stereocenters. The Kier molecular flexibility index (Phi) is 5.63. The SMILES string of the molecule is O=C(O)c1cccc(N2CC(Oc3ccc(COc4cncnc4)cc3)C2)c1-n1cccc1. The molecule has 2 aromatic heterocycles. The summed E-state index contributed by atoms with van der Waals surface area (Å²) in [5.41, 5.74) is 2.83. The Morgan fingerprint density at radius 1 is 0.970 bits per heavy atom. The summed E-state index contributed by atoms with van der Waals surface area (Å²) in [7, 11) is 0. The van der Waals surface area contributed by atoms with Crippen LogP contribution in [0.1, 0.15) is 15.9 Å². The largest absolute Gasteiger partial charge is 0.487 e. The summed E-state index contributed by atoms with van der Waals surface area (Å²) < 4.78 is 13.6. The Morgan fingerprint density at radius 2 is 1.70 bits per heavy atom. The van der Waals surface area contributed by atoms with E-state index in [4.69, 9.17) is 9.47 Å². The van der Waals surface area contributed by atoms with Gasteiger partial charge in [-0.2, -0.15) is 0 Å². The third-order valence-corrected chi connectivity index (χ3v) is 5.47. The van der Waals surface area contributed by atoms with Gasteiger partial charge in [-0.3, -0.25) is 0 Å². The number of hydrogen-bond donors (Lipinski definition) is 1. The molecule has 2 aromatic carbocycles. The maximum atomic E-state index is 11.8. The molecule has 33 heavy (non-hydrogen) atoms. The van der Waals surface area contributed by atoms with Gasteiger partial charge in [0.25, 0.3) is 0 Å². The fourth-order valence-electron chi connectivity index (χ4n) is 3.81. The third-order valence-electron chi connectivity index (χ3n) is 5.47. The standard InChI is InChI=1S/C25H22N4O4/c30-25(31)22-4-3-5-23(24(22)28-10-1-2-11-28)29-14-21(15-29)33-19-8-6-18(7-9-19)16-32-20-12-26-17-27-13-20/h1-13,17,21H,14-16H2,(H,30,31). The van der Waals surface area contributed by atoms with E-state index in [1.807, 2.05) is 59.4 Å². The second-order valence-electron chi connectivity index (χ2n) is 7.72. The number of nitrogens with zero attached hydrogens (tertiary/aromatic N) is 4. The fraction of sp³-hybridized carbons (Fsp3) is 0.160. The zero-order chi connectivity index (χ0) is 22.6. The van der Waals surface area contributed by atoms with Crippen molar-refractivity contribution in [2.24, 2.45) is 0 Å². The molecule has 0 spiro atoms. The molecule has 1 N–H and O–H groups in total. The number of rotatable bonds is 8. The van der Waals surface area contributed by atoms with E-state index in [9.17, 15) is 9.90 Å². The van der Waals surface area contributed by atoms with Crippen LogP contribution in [0.25, 0.3) is 5.69 Å². The van der Waals surface area contributed by atoms with Crippen LogP contribution in [0.15, 0.2) is 85.7 Å². The van der Waals surface area contributed by atoms with Crippen molar-refractivity contribution < 1.29 is 19.4 Å². The first kappa shape index (κ1) is 20.6. The molecule has 0 radical (unpaired) electrons. The topological polar surface area (TPSA) is 89.7 Å². The first-order chi connectivity index (χ1) is 16.2. The molecule has 0 amide bonds. The van der Waals surface area contributed by atoms with Gasteiger partial charge in [0.2, 0.25) is 0 Å². The van der Waals surface area contributed by atoms with Crippen LogP contribution in [0.3, 0.4) is 0 Å². The predicted molar refractivity (Wildman–Crippen MR) is 122 cm³/mol. The van der Waals surface area contributed by atoms with E-state index >= 15 is 0 Å². The highest BCUT2D eigenvalue weighted by Crippen LogP contribution is 2.32. The second kappa shape index (κ2) is 9.04. The average molecular weight is 442 g/mol. The number of carboxylic acids is 1. The van der Waals surface area contributed by atoms with Gasteiger partial charge in [0, 0.05) is 12.4 Å². The summed E-state index contributed by atoms with van der Waals surface area (Å²) in [6.07, 6.45) is 8.45. The molecule has 5 rings (SSSR count). The summed E-state index contributed by atoms with van der Waals surface area (Å²) in [5, 5.41) is 9.66. The number of aromatic nitrogens is 3. The molecule has 0 saturated carbocycles. The lowest BCUT2D eigenvalue weighted by Gasteiger charge is -2.41. The van der Waals surface area contributed by atoms with Crippen LogP contribution < -0.4 is 14.4 Å². The highest BCUT2D eigenvalue weighted by Gasteiger charge is 2.31. The maximum absolute atomic E-state index is 11.8. The van der Waals surface area contributed by atoms with Crippen LogP contribution in [0.4, 0.5) is 5.69 Å². The highest BCUT2D eigenvalue weighted by atomic mass is 16.5. The first-order valence-corrected chi connectivity index (χ1v) is 10.6. The zero-order valence-corrected chi connectivity index (χ0v) is 17.7. The van der Waals surface area contributed by atoms with Crippen LogP contribution in [0.2, 0.25) is 0 Å². The molecule has 166 valence electrons. The Morgan fingerprint density at radius 3 is 2.39 bits per heavy atom. The number of aromatic carboxylic acids is 1. The second-order valence-corrected chi connectivity index (χ2v) is 7.72. The summed E-state index contributed by atoms with van der Waals surface area (Å²) in [6.45, 7) is 1.78. The average Bonchev–Trinajstić information content (AvgIpc) is 3.35. The number of ether oxygens (including phenoxy) is 2. The lowest BCUT2D eigenvalue weighted by atomic mass is 10.1. The smallest absolute Gasteiger partial charge is 0.337 e. The zero-order valence-electron chi connectivity index (χ0n) is 17.7. The quantitative estimate of drug-likeness (QED) is 0.444. The first-order valence-electron chi connectivity index (χ1n) is 10.6. The molecule has 1 fully saturated rings. The summed E-state index contributed by atoms with van der Waals surface area (Å²) >= 11 is 0. The predicted octanol–water partition coefficient (Wildman–Crippen LogP) is 3.81. The van der Waals surface area contributed by atoms with Crippen LogP contribution in [0.5, 0.6) is 11.5 Å². The van der Waals surface area contributed by atoms with Crippen LogP contribution in [0, 0.1) is 0 Å². The highest BCUT2D eigenvalue weighted by molar-refractivity contribution is 5.95. The minimum absolute atomic E-state index is 0.0274. The van der Waals surface area contributed by atoms with E-state index in [0.717, 1.165) is 17.0 Å². The van der Waals surface area contributed by atoms with Crippen molar-refractivity contribution in [2.45, 2.75) is 12.7 Å². The van der Waals surface area contributed by atoms with E-state index in [0.29, 0.717) is 31.1 Å². The van der Waals surface area contributed by atoms with Crippen molar-refractivity contribution in [2.75, 3.05) is 18.0 Å². The summed E-state index contributed by atoms with van der Waals surface area (Å²) in [4.78, 5) is 21.8. The molecular weight excluding hydrogens is 420 g/mol. The van der Waals surface area contributed by atoms with Gasteiger partial charge in [0.15, 0.2) is 5.75 Å². The van der Waals surface area contributed by atoms with Crippen molar-refractivity contribution >= 4 is 11.7 Å². The van der Waals surface area contributed by atoms with Gasteiger partial charge in [-0.1, -0.05) is 18.2 Å². The third kappa shape index (κ3) is 4.50. The number of anilines is 1. The number of carboxylic acid groups (broad SMARTS) is 1. The van der Waals surface area contributed by atoms with E-state index in [2.05, 4.69) is 14.9 Å². The molecule has 8 nitrogen and oxygen atoms in total. The van der Waals surface area contributed by atoms with Gasteiger partial charge in [-0.25, -0.2) is 14.8 Å². The van der Waals surface area contributed by atoms with E-state index in [1.54, 1.807) is 24.5 Å². The molecule has 3 heterocycles. The van der Waals surface area contributed by atoms with Crippen molar-refractivity contribution in [1.82, 2.24) is 14.5 Å². The Labute approximate surface area is 190 Å². The van der Waals surface area contributed by atoms with Gasteiger partial charge in [-0.15, -0.1) is 0 Å². The lowest BCUT2D eigenvalue weighted by Crippen LogP contribution is -2.54. The van der Waals surface area contributed by atoms with Crippen LogP contribution in [-0.2, 0) is 6.61 Å². The van der Waals surface area contributed by atoms with Gasteiger partial charge in [-0.05, 0) is 42.0 Å². The maximum Gasteiger partial charge on any atom is 0.337 e. The number of para-hydroxylation sites is 1. The van der Waals surface area contributed by atoms with Crippen molar-refractivity contribution in [3.63, 3.8) is 0 Å². The van der Waals surface area contributed by atoms with Gasteiger partial charge in [0.1, 0.15) is 24.8 Å². The van der Waals surface area contributed by atoms with Gasteiger partial charge < -0.3 is 24.0 Å². The molecule has 0 unspecified atom stereocenters. The monoisotopic (exact) mass is 442 g/mol. The van der Waals surface area contributed by atoms with Crippen LogP contribution >= 0.6 is 0 Å². The molecular formula is C25H22N4O4. The molecule has 8 heteroatoms. The fourth-order valence-corrected chi connectivity index (χ4v) is 3.81. The Bertz CT molecular complexity index is 1220. The van der Waals surface area contributed by atoms with Crippen molar-refractivity contribution in [3.8, 4) is 17.2 Å². The minimum atomic E-state index is -0.947. The van der Waals surface area contributed by atoms with Crippen LogP contribution in [-0.4, -0.2) is 44.8 Å². The van der Waals surface area contributed by atoms with Gasteiger partial charge >= 0.3 is 5.97 Å². The normalized spacial score (nSPS) is 13.4.